The average molecular weight is 224 g/mol. The summed E-state index contributed by atoms with van der Waals surface area (Å²) in [6, 6.07) is 0.523. The number of nitrogens with one attached hydrogen (secondary N) is 1. The third kappa shape index (κ3) is 4.98. The molecule has 2 atom stereocenters. The molecule has 0 aromatic rings. The molecule has 1 heterocycles. The molecule has 2 unspecified atom stereocenters. The number of ether oxygens (including phenoxy) is 1. The van der Waals surface area contributed by atoms with Gasteiger partial charge in [-0.1, -0.05) is 5.92 Å². The summed E-state index contributed by atoms with van der Waals surface area (Å²) >= 11 is 0. The molecule has 1 N–H and O–H groups in total. The Morgan fingerprint density at radius 3 is 3.06 bits per heavy atom. The van der Waals surface area contributed by atoms with Crippen molar-refractivity contribution in [1.29, 1.82) is 0 Å². The SMILES string of the molecule is C#CCNCC(C)N(C)CC1CCCOC1. The predicted molar refractivity (Wildman–Crippen MR) is 67.3 cm³/mol. The van der Waals surface area contributed by atoms with Gasteiger partial charge in [0.1, 0.15) is 0 Å². The zero-order chi connectivity index (χ0) is 11.8. The van der Waals surface area contributed by atoms with Gasteiger partial charge in [-0.05, 0) is 32.7 Å². The molecule has 0 aromatic heterocycles. The summed E-state index contributed by atoms with van der Waals surface area (Å²) in [5.41, 5.74) is 0. The van der Waals surface area contributed by atoms with Crippen LogP contribution in [-0.2, 0) is 4.74 Å². The number of hydrogen-bond donors (Lipinski definition) is 1. The van der Waals surface area contributed by atoms with Gasteiger partial charge in [0.2, 0.25) is 0 Å². The number of likely N-dealkylation sites (N-methyl/N-ethyl adjacent to an activating group) is 1. The van der Waals surface area contributed by atoms with E-state index in [4.69, 9.17) is 11.2 Å². The Hall–Kier alpha value is -0.560. The van der Waals surface area contributed by atoms with Gasteiger partial charge in [-0.3, -0.25) is 0 Å². The van der Waals surface area contributed by atoms with Crippen LogP contribution in [0.15, 0.2) is 0 Å². The number of nitrogens with zero attached hydrogens (tertiary/aromatic N) is 1. The molecule has 92 valence electrons. The fourth-order valence-corrected chi connectivity index (χ4v) is 2.05. The number of terminal acetylenes is 1. The second-order valence-electron chi connectivity index (χ2n) is 4.71. The second kappa shape index (κ2) is 7.67. The fraction of sp³-hybridized carbons (Fsp3) is 0.846. The maximum atomic E-state index is 5.49. The van der Waals surface area contributed by atoms with E-state index in [0.717, 1.165) is 26.3 Å². The van der Waals surface area contributed by atoms with E-state index in [9.17, 15) is 0 Å². The van der Waals surface area contributed by atoms with Crippen molar-refractivity contribution in [3.05, 3.63) is 0 Å². The lowest BCUT2D eigenvalue weighted by atomic mass is 10.0. The summed E-state index contributed by atoms with van der Waals surface area (Å²) in [5, 5.41) is 3.24. The summed E-state index contributed by atoms with van der Waals surface area (Å²) in [6.07, 6.45) is 7.71. The molecule has 0 aliphatic carbocycles. The molecule has 1 fully saturated rings. The lowest BCUT2D eigenvalue weighted by molar-refractivity contribution is 0.0373. The monoisotopic (exact) mass is 224 g/mol. The molecule has 3 nitrogen and oxygen atoms in total. The summed E-state index contributed by atoms with van der Waals surface area (Å²) in [6.45, 7) is 6.83. The first kappa shape index (κ1) is 13.5. The molecular weight excluding hydrogens is 200 g/mol. The van der Waals surface area contributed by atoms with Gasteiger partial charge in [-0.25, -0.2) is 0 Å². The molecule has 0 saturated carbocycles. The van der Waals surface area contributed by atoms with Crippen molar-refractivity contribution in [3.63, 3.8) is 0 Å². The highest BCUT2D eigenvalue weighted by Crippen LogP contribution is 2.15. The lowest BCUT2D eigenvalue weighted by Crippen LogP contribution is -2.41. The van der Waals surface area contributed by atoms with Crippen molar-refractivity contribution in [2.24, 2.45) is 5.92 Å². The van der Waals surface area contributed by atoms with Gasteiger partial charge >= 0.3 is 0 Å². The zero-order valence-corrected chi connectivity index (χ0v) is 10.5. The normalized spacial score (nSPS) is 23.0. The maximum Gasteiger partial charge on any atom is 0.0574 e. The van der Waals surface area contributed by atoms with Crippen molar-refractivity contribution in [3.8, 4) is 12.3 Å². The van der Waals surface area contributed by atoms with Gasteiger partial charge in [-0.2, -0.15) is 0 Å². The van der Waals surface area contributed by atoms with E-state index in [2.05, 4.69) is 30.1 Å². The molecule has 0 spiro atoms. The van der Waals surface area contributed by atoms with Crippen LogP contribution >= 0.6 is 0 Å². The van der Waals surface area contributed by atoms with Crippen molar-refractivity contribution in [2.75, 3.05) is 39.9 Å². The molecule has 3 heteroatoms. The van der Waals surface area contributed by atoms with Crippen LogP contribution in [0.5, 0.6) is 0 Å². The van der Waals surface area contributed by atoms with Gasteiger partial charge in [0.15, 0.2) is 0 Å². The van der Waals surface area contributed by atoms with Gasteiger partial charge in [0.05, 0.1) is 13.2 Å². The fourth-order valence-electron chi connectivity index (χ4n) is 2.05. The topological polar surface area (TPSA) is 24.5 Å². The Kier molecular flexibility index (Phi) is 6.47. The van der Waals surface area contributed by atoms with Crippen molar-refractivity contribution >= 4 is 0 Å². The first-order valence-electron chi connectivity index (χ1n) is 6.16. The molecule has 0 radical (unpaired) electrons. The summed E-state index contributed by atoms with van der Waals surface area (Å²) in [4.78, 5) is 2.39. The van der Waals surface area contributed by atoms with E-state index in [0.29, 0.717) is 18.5 Å². The number of rotatable bonds is 6. The van der Waals surface area contributed by atoms with Gasteiger partial charge in [-0.15, -0.1) is 6.42 Å². The Morgan fingerprint density at radius 2 is 2.44 bits per heavy atom. The molecule has 1 saturated heterocycles. The Balaban J connectivity index is 2.16. The molecule has 0 aromatic carbocycles. The highest BCUT2D eigenvalue weighted by molar-refractivity contribution is 4.87. The van der Waals surface area contributed by atoms with E-state index in [1.807, 2.05) is 0 Å². The van der Waals surface area contributed by atoms with Crippen LogP contribution < -0.4 is 5.32 Å². The molecule has 0 bridgehead atoms. The first-order valence-corrected chi connectivity index (χ1v) is 6.16. The zero-order valence-electron chi connectivity index (χ0n) is 10.5. The quantitative estimate of drug-likeness (QED) is 0.537. The van der Waals surface area contributed by atoms with E-state index in [-0.39, 0.29) is 0 Å². The highest BCUT2D eigenvalue weighted by atomic mass is 16.5. The minimum Gasteiger partial charge on any atom is -0.381 e. The predicted octanol–water partition coefficient (Wildman–Crippen LogP) is 0.956. The van der Waals surface area contributed by atoms with Crippen LogP contribution in [0.3, 0.4) is 0 Å². The van der Waals surface area contributed by atoms with E-state index in [1.54, 1.807) is 0 Å². The van der Waals surface area contributed by atoms with Crippen LogP contribution in [0.25, 0.3) is 0 Å². The van der Waals surface area contributed by atoms with E-state index in [1.165, 1.54) is 12.8 Å². The van der Waals surface area contributed by atoms with Crippen LogP contribution in [0.1, 0.15) is 19.8 Å². The number of hydrogen-bond acceptors (Lipinski definition) is 3. The third-order valence-corrected chi connectivity index (χ3v) is 3.22. The van der Waals surface area contributed by atoms with Crippen LogP contribution in [0.4, 0.5) is 0 Å². The largest absolute Gasteiger partial charge is 0.381 e. The molecule has 1 rings (SSSR count). The average Bonchev–Trinajstić information content (AvgIpc) is 2.30. The standard InChI is InChI=1S/C13H24N2O/c1-4-7-14-9-12(2)15(3)10-13-6-5-8-16-11-13/h1,12-14H,5-11H2,2-3H3. The van der Waals surface area contributed by atoms with Crippen molar-refractivity contribution in [1.82, 2.24) is 10.2 Å². The minimum absolute atomic E-state index is 0.523. The van der Waals surface area contributed by atoms with Crippen LogP contribution in [0.2, 0.25) is 0 Å². The third-order valence-electron chi connectivity index (χ3n) is 3.22. The first-order chi connectivity index (χ1) is 7.74. The Bertz CT molecular complexity index is 218. The molecule has 16 heavy (non-hydrogen) atoms. The smallest absolute Gasteiger partial charge is 0.0574 e. The molecular formula is C13H24N2O. The summed E-state index contributed by atoms with van der Waals surface area (Å²) < 4.78 is 5.49. The highest BCUT2D eigenvalue weighted by Gasteiger charge is 2.18. The molecule has 1 aliphatic rings. The van der Waals surface area contributed by atoms with Crippen LogP contribution in [0, 0.1) is 18.3 Å². The van der Waals surface area contributed by atoms with Crippen molar-refractivity contribution < 1.29 is 4.74 Å². The van der Waals surface area contributed by atoms with Gasteiger partial charge < -0.3 is 15.0 Å². The molecule has 1 aliphatic heterocycles. The maximum absolute atomic E-state index is 5.49. The second-order valence-corrected chi connectivity index (χ2v) is 4.71. The van der Waals surface area contributed by atoms with Crippen LogP contribution in [-0.4, -0.2) is 50.8 Å². The Morgan fingerprint density at radius 1 is 1.62 bits per heavy atom. The molecule has 0 amide bonds. The minimum atomic E-state index is 0.523. The van der Waals surface area contributed by atoms with Gasteiger partial charge in [0.25, 0.3) is 0 Å². The van der Waals surface area contributed by atoms with Crippen molar-refractivity contribution in [2.45, 2.75) is 25.8 Å². The Labute approximate surface area is 99.5 Å². The lowest BCUT2D eigenvalue weighted by Gasteiger charge is -2.31. The van der Waals surface area contributed by atoms with Gasteiger partial charge in [0, 0.05) is 25.7 Å². The van der Waals surface area contributed by atoms with E-state index < -0.39 is 0 Å². The summed E-state index contributed by atoms with van der Waals surface area (Å²) in [5.74, 6) is 3.30. The summed E-state index contributed by atoms with van der Waals surface area (Å²) in [7, 11) is 2.18. The van der Waals surface area contributed by atoms with E-state index >= 15 is 0 Å².